The lowest BCUT2D eigenvalue weighted by Crippen LogP contribution is -2.35. The molecule has 3 rings (SSSR count). The third-order valence-electron chi connectivity index (χ3n) is 4.50. The minimum atomic E-state index is -0.349. The summed E-state index contributed by atoms with van der Waals surface area (Å²) in [6, 6.07) is 9.08. The quantitative estimate of drug-likeness (QED) is 0.836. The van der Waals surface area contributed by atoms with Gasteiger partial charge < -0.3 is 10.2 Å². The largest absolute Gasteiger partial charge is 0.349 e. The predicted octanol–water partition coefficient (Wildman–Crippen LogP) is 1.06. The maximum Gasteiger partial charge on any atom is 0.290 e. The first-order valence-corrected chi connectivity index (χ1v) is 7.99. The summed E-state index contributed by atoms with van der Waals surface area (Å²) in [7, 11) is 0. The zero-order chi connectivity index (χ0) is 17.8. The molecule has 0 aliphatic carbocycles. The minimum absolute atomic E-state index is 0.0742. The van der Waals surface area contributed by atoms with E-state index in [1.54, 1.807) is 29.2 Å². The highest BCUT2D eigenvalue weighted by atomic mass is 16.2. The van der Waals surface area contributed by atoms with Crippen molar-refractivity contribution in [1.29, 1.82) is 10.5 Å². The van der Waals surface area contributed by atoms with Crippen molar-refractivity contribution in [2.75, 3.05) is 13.1 Å². The number of hydrogen-bond donors (Lipinski definition) is 1. The van der Waals surface area contributed by atoms with Gasteiger partial charge in [-0.1, -0.05) is 6.07 Å². The van der Waals surface area contributed by atoms with Crippen molar-refractivity contribution in [3.05, 3.63) is 42.0 Å². The van der Waals surface area contributed by atoms with E-state index in [-0.39, 0.29) is 23.7 Å². The normalized spacial score (nSPS) is 19.2. The van der Waals surface area contributed by atoms with Gasteiger partial charge >= 0.3 is 0 Å². The van der Waals surface area contributed by atoms with Gasteiger partial charge in [-0.05, 0) is 37.5 Å². The lowest BCUT2D eigenvalue weighted by atomic mass is 10.0. The molecule has 2 aromatic rings. The fraction of sp³-hybridized carbons (Fsp3) is 0.353. The van der Waals surface area contributed by atoms with E-state index in [9.17, 15) is 4.79 Å². The molecule has 2 heterocycles. The van der Waals surface area contributed by atoms with Gasteiger partial charge in [-0.3, -0.25) is 4.79 Å². The van der Waals surface area contributed by atoms with Crippen LogP contribution < -0.4 is 5.32 Å². The zero-order valence-electron chi connectivity index (χ0n) is 13.8. The molecule has 1 aromatic carbocycles. The van der Waals surface area contributed by atoms with Crippen LogP contribution in [-0.2, 0) is 0 Å². The molecule has 8 heteroatoms. The lowest BCUT2D eigenvalue weighted by molar-refractivity contribution is 0.0935. The Balaban J connectivity index is 1.63. The van der Waals surface area contributed by atoms with Crippen LogP contribution in [0.1, 0.15) is 29.5 Å². The summed E-state index contributed by atoms with van der Waals surface area (Å²) in [5, 5.41) is 25.0. The van der Waals surface area contributed by atoms with Crippen molar-refractivity contribution in [2.24, 2.45) is 5.92 Å². The number of nitrogens with one attached hydrogen (secondary N) is 1. The molecule has 1 N–H and O–H groups in total. The molecule has 0 spiro atoms. The maximum absolute atomic E-state index is 12.2. The number of benzene rings is 1. The third kappa shape index (κ3) is 3.43. The second-order valence-electron chi connectivity index (χ2n) is 5.97. The van der Waals surface area contributed by atoms with Gasteiger partial charge in [-0.25, -0.2) is 9.67 Å². The molecule has 25 heavy (non-hydrogen) atoms. The molecule has 1 aliphatic heterocycles. The van der Waals surface area contributed by atoms with E-state index in [1.807, 2.05) is 6.92 Å². The van der Waals surface area contributed by atoms with Gasteiger partial charge in [0.1, 0.15) is 6.33 Å². The molecule has 2 atom stereocenters. The second-order valence-corrected chi connectivity index (χ2v) is 5.97. The van der Waals surface area contributed by atoms with Crippen molar-refractivity contribution in [3.8, 4) is 17.9 Å². The van der Waals surface area contributed by atoms with E-state index < -0.39 is 0 Å². The van der Waals surface area contributed by atoms with Crippen LogP contribution in [0.3, 0.4) is 0 Å². The van der Waals surface area contributed by atoms with Gasteiger partial charge in [0.05, 0.1) is 17.3 Å². The maximum atomic E-state index is 12.2. The first-order valence-electron chi connectivity index (χ1n) is 7.99. The van der Waals surface area contributed by atoms with Crippen molar-refractivity contribution >= 4 is 5.91 Å². The molecule has 126 valence electrons. The Labute approximate surface area is 145 Å². The number of amides is 1. The summed E-state index contributed by atoms with van der Waals surface area (Å²) >= 11 is 0. The van der Waals surface area contributed by atoms with Crippen molar-refractivity contribution < 1.29 is 4.79 Å². The van der Waals surface area contributed by atoms with Gasteiger partial charge in [0, 0.05) is 19.1 Å². The number of rotatable bonds is 4. The average molecular weight is 335 g/mol. The third-order valence-corrected chi connectivity index (χ3v) is 4.50. The van der Waals surface area contributed by atoms with Crippen LogP contribution in [0.2, 0.25) is 0 Å². The lowest BCUT2D eigenvalue weighted by Gasteiger charge is -2.19. The average Bonchev–Trinajstić information content (AvgIpc) is 3.27. The Kier molecular flexibility index (Phi) is 4.62. The van der Waals surface area contributed by atoms with Gasteiger partial charge in [0.2, 0.25) is 5.82 Å². The van der Waals surface area contributed by atoms with Crippen molar-refractivity contribution in [3.63, 3.8) is 0 Å². The Morgan fingerprint density at radius 1 is 1.44 bits per heavy atom. The van der Waals surface area contributed by atoms with E-state index in [2.05, 4.69) is 27.7 Å². The van der Waals surface area contributed by atoms with Crippen molar-refractivity contribution in [1.82, 2.24) is 25.0 Å². The summed E-state index contributed by atoms with van der Waals surface area (Å²) in [6.07, 6.45) is 4.48. The topological polar surface area (TPSA) is 111 Å². The van der Waals surface area contributed by atoms with Gasteiger partial charge in [-0.2, -0.15) is 10.5 Å². The highest BCUT2D eigenvalue weighted by Crippen LogP contribution is 2.22. The fourth-order valence-corrected chi connectivity index (χ4v) is 2.93. The van der Waals surface area contributed by atoms with Crippen LogP contribution in [0.15, 0.2) is 30.6 Å². The molecule has 1 aliphatic rings. The SMILES string of the molecule is C[C@H]1[C@H](CNC(=O)c2ncn(-c3cccc(C#N)c3)n2)CCN1C#N. The first kappa shape index (κ1) is 16.5. The molecule has 1 aromatic heterocycles. The molecule has 0 radical (unpaired) electrons. The summed E-state index contributed by atoms with van der Waals surface area (Å²) in [4.78, 5) is 18.0. The van der Waals surface area contributed by atoms with Gasteiger partial charge in [-0.15, -0.1) is 5.10 Å². The zero-order valence-corrected chi connectivity index (χ0v) is 13.8. The summed E-state index contributed by atoms with van der Waals surface area (Å²) in [6.45, 7) is 3.19. The van der Waals surface area contributed by atoms with Crippen LogP contribution in [0.25, 0.3) is 5.69 Å². The highest BCUT2D eigenvalue weighted by molar-refractivity contribution is 5.90. The van der Waals surface area contributed by atoms with Crippen LogP contribution >= 0.6 is 0 Å². The molecule has 0 unspecified atom stereocenters. The number of hydrogen-bond acceptors (Lipinski definition) is 6. The molecule has 0 bridgehead atoms. The number of likely N-dealkylation sites (tertiary alicyclic amines) is 1. The molecule has 1 saturated heterocycles. The van der Waals surface area contributed by atoms with Gasteiger partial charge in [0.15, 0.2) is 6.19 Å². The van der Waals surface area contributed by atoms with E-state index in [1.165, 1.54) is 11.0 Å². The van der Waals surface area contributed by atoms with E-state index in [0.717, 1.165) is 13.0 Å². The second kappa shape index (κ2) is 7.02. The molecular formula is C17H17N7O. The van der Waals surface area contributed by atoms with E-state index in [0.29, 0.717) is 17.8 Å². The Morgan fingerprint density at radius 2 is 2.28 bits per heavy atom. The Hall–Kier alpha value is -3.39. The summed E-state index contributed by atoms with van der Waals surface area (Å²) in [5.41, 5.74) is 1.18. The van der Waals surface area contributed by atoms with E-state index >= 15 is 0 Å². The van der Waals surface area contributed by atoms with Crippen molar-refractivity contribution in [2.45, 2.75) is 19.4 Å². The minimum Gasteiger partial charge on any atom is -0.349 e. The number of aromatic nitrogens is 3. The molecule has 8 nitrogen and oxygen atoms in total. The first-order chi connectivity index (χ1) is 12.1. The summed E-state index contributed by atoms with van der Waals surface area (Å²) < 4.78 is 1.46. The standard InChI is InChI=1S/C17H17N7O/c1-12-14(5-6-23(12)10-19)9-20-17(25)16-21-11-24(22-16)15-4-2-3-13(7-15)8-18/h2-4,7,11-12,14H,5-6,9H2,1H3,(H,20,25)/t12-,14-/m0/s1. The van der Waals surface area contributed by atoms with Crippen LogP contribution in [0.5, 0.6) is 0 Å². The molecule has 1 amide bonds. The number of nitrogens with zero attached hydrogens (tertiary/aromatic N) is 6. The van der Waals surface area contributed by atoms with Crippen LogP contribution in [0.4, 0.5) is 0 Å². The number of carbonyl (C=O) groups is 1. The van der Waals surface area contributed by atoms with Crippen LogP contribution in [-0.4, -0.2) is 44.7 Å². The van der Waals surface area contributed by atoms with Gasteiger partial charge in [0.25, 0.3) is 5.91 Å². The Bertz CT molecular complexity index is 860. The monoisotopic (exact) mass is 335 g/mol. The number of nitriles is 2. The van der Waals surface area contributed by atoms with E-state index in [4.69, 9.17) is 10.5 Å². The molecule has 1 fully saturated rings. The highest BCUT2D eigenvalue weighted by Gasteiger charge is 2.30. The number of carbonyl (C=O) groups excluding carboxylic acids is 1. The smallest absolute Gasteiger partial charge is 0.290 e. The Morgan fingerprint density at radius 3 is 3.00 bits per heavy atom. The predicted molar refractivity (Wildman–Crippen MR) is 88.3 cm³/mol. The fourth-order valence-electron chi connectivity index (χ4n) is 2.93. The molecular weight excluding hydrogens is 318 g/mol. The molecule has 0 saturated carbocycles. The van der Waals surface area contributed by atoms with Crippen LogP contribution in [0, 0.1) is 28.7 Å². The summed E-state index contributed by atoms with van der Waals surface area (Å²) in [5.74, 6) is -0.0408.